The van der Waals surface area contributed by atoms with Gasteiger partial charge in [-0.25, -0.2) is 0 Å². The molecule has 0 aromatic heterocycles. The number of fused-ring (bicyclic) bond motifs is 1. The second-order valence-corrected chi connectivity index (χ2v) is 5.07. The van der Waals surface area contributed by atoms with Gasteiger partial charge in [0.1, 0.15) is 6.61 Å². The summed E-state index contributed by atoms with van der Waals surface area (Å²) in [7, 11) is 3.27. The molecule has 2 atom stereocenters. The van der Waals surface area contributed by atoms with Crippen LogP contribution >= 0.6 is 0 Å². The smallest absolute Gasteiger partial charge is 0.248 e. The number of hydrogen-bond donors (Lipinski definition) is 0. The van der Waals surface area contributed by atoms with Crippen LogP contribution in [-0.2, 0) is 19.0 Å². The minimum atomic E-state index is 0.0678. The zero-order valence-corrected chi connectivity index (χ0v) is 11.8. The highest BCUT2D eigenvalue weighted by Gasteiger charge is 2.37. The van der Waals surface area contributed by atoms with Crippen LogP contribution in [0.5, 0.6) is 0 Å². The second-order valence-electron chi connectivity index (χ2n) is 5.07. The molecule has 0 N–H and O–H groups in total. The zero-order valence-electron chi connectivity index (χ0n) is 11.8. The molecule has 2 saturated heterocycles. The third-order valence-corrected chi connectivity index (χ3v) is 3.90. The minimum Gasteiger partial charge on any atom is -0.383 e. The van der Waals surface area contributed by atoms with E-state index in [2.05, 4.69) is 4.90 Å². The van der Waals surface area contributed by atoms with Crippen molar-refractivity contribution in [3.63, 3.8) is 0 Å². The first-order valence-corrected chi connectivity index (χ1v) is 6.87. The van der Waals surface area contributed by atoms with Gasteiger partial charge in [-0.2, -0.15) is 0 Å². The van der Waals surface area contributed by atoms with Gasteiger partial charge in [0.25, 0.3) is 0 Å². The van der Waals surface area contributed by atoms with Crippen LogP contribution in [0.25, 0.3) is 0 Å². The van der Waals surface area contributed by atoms with E-state index >= 15 is 0 Å². The molecule has 2 aliphatic heterocycles. The van der Waals surface area contributed by atoms with Crippen molar-refractivity contribution in [2.24, 2.45) is 0 Å². The number of hydrogen-bond acceptors (Lipinski definition) is 5. The first-order chi connectivity index (χ1) is 9.26. The van der Waals surface area contributed by atoms with Gasteiger partial charge in [-0.05, 0) is 6.42 Å². The molecule has 110 valence electrons. The van der Waals surface area contributed by atoms with Crippen LogP contribution in [0, 0.1) is 0 Å². The van der Waals surface area contributed by atoms with E-state index in [-0.39, 0.29) is 18.6 Å². The van der Waals surface area contributed by atoms with E-state index in [0.29, 0.717) is 6.04 Å². The molecule has 0 aromatic carbocycles. The molecule has 0 unspecified atom stereocenters. The summed E-state index contributed by atoms with van der Waals surface area (Å²) in [5, 5.41) is 0. The third kappa shape index (κ3) is 3.66. The average Bonchev–Trinajstić information content (AvgIpc) is 2.44. The summed E-state index contributed by atoms with van der Waals surface area (Å²) in [6.07, 6.45) is 1.15. The molecule has 2 rings (SSSR count). The normalized spacial score (nSPS) is 28.2. The monoisotopic (exact) mass is 272 g/mol. The summed E-state index contributed by atoms with van der Waals surface area (Å²) in [5.74, 6) is 0.0678. The Bertz CT molecular complexity index is 300. The largest absolute Gasteiger partial charge is 0.383 e. The van der Waals surface area contributed by atoms with Crippen LogP contribution in [0.2, 0.25) is 0 Å². The Morgan fingerprint density at radius 2 is 2.16 bits per heavy atom. The van der Waals surface area contributed by atoms with Gasteiger partial charge < -0.3 is 19.1 Å². The van der Waals surface area contributed by atoms with E-state index < -0.39 is 0 Å². The third-order valence-electron chi connectivity index (χ3n) is 3.90. The number of morpholine rings is 1. The summed E-state index contributed by atoms with van der Waals surface area (Å²) in [4.78, 5) is 16.2. The lowest BCUT2D eigenvalue weighted by atomic mass is 9.98. The number of amides is 1. The van der Waals surface area contributed by atoms with Gasteiger partial charge in [0.15, 0.2) is 0 Å². The van der Waals surface area contributed by atoms with Gasteiger partial charge in [-0.3, -0.25) is 9.69 Å². The minimum absolute atomic E-state index is 0.0678. The Hall–Kier alpha value is -0.690. The molecule has 19 heavy (non-hydrogen) atoms. The van der Waals surface area contributed by atoms with Gasteiger partial charge in [0.05, 0.1) is 25.4 Å². The maximum absolute atomic E-state index is 11.9. The van der Waals surface area contributed by atoms with Crippen LogP contribution in [0.1, 0.15) is 6.42 Å². The number of carbonyl (C=O) groups excluding carboxylic acids is 1. The van der Waals surface area contributed by atoms with Crippen molar-refractivity contribution in [3.05, 3.63) is 0 Å². The Morgan fingerprint density at radius 1 is 1.32 bits per heavy atom. The van der Waals surface area contributed by atoms with E-state index in [1.807, 2.05) is 4.90 Å². The number of carbonyl (C=O) groups is 1. The van der Waals surface area contributed by atoms with Gasteiger partial charge in [0.2, 0.25) is 5.91 Å². The van der Waals surface area contributed by atoms with E-state index in [0.717, 1.165) is 45.8 Å². The van der Waals surface area contributed by atoms with Gasteiger partial charge in [-0.15, -0.1) is 0 Å². The average molecular weight is 272 g/mol. The predicted molar refractivity (Wildman–Crippen MR) is 70.1 cm³/mol. The van der Waals surface area contributed by atoms with Crippen LogP contribution < -0.4 is 0 Å². The lowest BCUT2D eigenvalue weighted by Gasteiger charge is -2.47. The fraction of sp³-hybridized carbons (Fsp3) is 0.923. The number of piperidine rings is 1. The van der Waals surface area contributed by atoms with Crippen molar-refractivity contribution in [1.82, 2.24) is 9.80 Å². The molecule has 6 nitrogen and oxygen atoms in total. The molecule has 2 fully saturated rings. The molecule has 0 saturated carbocycles. The van der Waals surface area contributed by atoms with Gasteiger partial charge >= 0.3 is 0 Å². The SMILES string of the molecule is COCCN1CCO[C@H]2CCN(C(=O)COC)C[C@@H]21. The maximum atomic E-state index is 11.9. The first kappa shape index (κ1) is 14.7. The molecule has 2 heterocycles. The summed E-state index contributed by atoms with van der Waals surface area (Å²) in [6, 6.07) is 0.290. The Morgan fingerprint density at radius 3 is 2.89 bits per heavy atom. The maximum Gasteiger partial charge on any atom is 0.248 e. The topological polar surface area (TPSA) is 51.2 Å². The molecule has 0 spiro atoms. The summed E-state index contributed by atoms with van der Waals surface area (Å²) < 4.78 is 15.9. The molecule has 1 amide bonds. The van der Waals surface area contributed by atoms with Gasteiger partial charge in [-0.1, -0.05) is 0 Å². The van der Waals surface area contributed by atoms with Crippen molar-refractivity contribution < 1.29 is 19.0 Å². The van der Waals surface area contributed by atoms with E-state index in [9.17, 15) is 4.79 Å². The van der Waals surface area contributed by atoms with Crippen molar-refractivity contribution in [2.45, 2.75) is 18.6 Å². The van der Waals surface area contributed by atoms with Crippen molar-refractivity contribution >= 4 is 5.91 Å². The number of methoxy groups -OCH3 is 2. The molecule has 0 radical (unpaired) electrons. The van der Waals surface area contributed by atoms with Crippen LogP contribution in [0.3, 0.4) is 0 Å². The lowest BCUT2D eigenvalue weighted by molar-refractivity contribution is -0.146. The van der Waals surface area contributed by atoms with Gasteiger partial charge in [0, 0.05) is 40.4 Å². The highest BCUT2D eigenvalue weighted by atomic mass is 16.5. The van der Waals surface area contributed by atoms with Crippen LogP contribution in [0.4, 0.5) is 0 Å². The standard InChI is InChI=1S/C13H24N2O4/c1-17-7-5-14-6-8-19-12-3-4-15(9-11(12)14)13(16)10-18-2/h11-12H,3-10H2,1-2H3/t11-,12-/m0/s1. The second kappa shape index (κ2) is 7.19. The lowest BCUT2D eigenvalue weighted by Crippen LogP contribution is -2.61. The Kier molecular flexibility index (Phi) is 5.57. The van der Waals surface area contributed by atoms with Crippen molar-refractivity contribution in [3.8, 4) is 0 Å². The van der Waals surface area contributed by atoms with Crippen LogP contribution in [0.15, 0.2) is 0 Å². The molecule has 6 heteroatoms. The van der Waals surface area contributed by atoms with Crippen molar-refractivity contribution in [2.75, 3.05) is 60.2 Å². The number of ether oxygens (including phenoxy) is 3. The fourth-order valence-corrected chi connectivity index (χ4v) is 2.87. The molecular weight excluding hydrogens is 248 g/mol. The van der Waals surface area contributed by atoms with Crippen LogP contribution in [-0.4, -0.2) is 88.1 Å². The Balaban J connectivity index is 1.94. The Labute approximate surface area is 114 Å². The van der Waals surface area contributed by atoms with E-state index in [1.54, 1.807) is 14.2 Å². The molecule has 0 bridgehead atoms. The first-order valence-electron chi connectivity index (χ1n) is 6.87. The summed E-state index contributed by atoms with van der Waals surface area (Å²) >= 11 is 0. The molecular formula is C13H24N2O4. The summed E-state index contributed by atoms with van der Waals surface area (Å²) in [5.41, 5.74) is 0. The summed E-state index contributed by atoms with van der Waals surface area (Å²) in [6.45, 7) is 4.96. The van der Waals surface area contributed by atoms with Crippen molar-refractivity contribution in [1.29, 1.82) is 0 Å². The number of rotatable bonds is 5. The zero-order chi connectivity index (χ0) is 13.7. The molecule has 2 aliphatic rings. The van der Waals surface area contributed by atoms with E-state index in [4.69, 9.17) is 14.2 Å². The fourth-order valence-electron chi connectivity index (χ4n) is 2.87. The highest BCUT2D eigenvalue weighted by Crippen LogP contribution is 2.23. The quantitative estimate of drug-likeness (QED) is 0.680. The van der Waals surface area contributed by atoms with E-state index in [1.165, 1.54) is 0 Å². The molecule has 0 aliphatic carbocycles. The number of likely N-dealkylation sites (tertiary alicyclic amines) is 1. The highest BCUT2D eigenvalue weighted by molar-refractivity contribution is 5.77. The predicted octanol–water partition coefficient (Wildman–Crippen LogP) is -0.419. The number of nitrogens with zero attached hydrogens (tertiary/aromatic N) is 2. The molecule has 0 aromatic rings.